The Balaban J connectivity index is 1.81. The fraction of sp³-hybridized carbons (Fsp3) is 0.333. The van der Waals surface area contributed by atoms with Gasteiger partial charge in [0.05, 0.1) is 29.9 Å². The number of rotatable bonds is 7. The number of nitrogens with zero attached hydrogens (tertiary/aromatic N) is 2. The number of thiazole rings is 1. The summed E-state index contributed by atoms with van der Waals surface area (Å²) in [7, 11) is -3.90. The molecule has 0 bridgehead atoms. The molecule has 160 valence electrons. The fourth-order valence-corrected chi connectivity index (χ4v) is 4.97. The predicted octanol–water partition coefficient (Wildman–Crippen LogP) is 4.17. The van der Waals surface area contributed by atoms with E-state index in [1.807, 2.05) is 33.1 Å². The van der Waals surface area contributed by atoms with Gasteiger partial charge in [-0.15, -0.1) is 11.3 Å². The number of benzene rings is 1. The molecular weight excluding hydrogens is 422 g/mol. The maximum Gasteiger partial charge on any atom is 0.243 e. The summed E-state index contributed by atoms with van der Waals surface area (Å²) >= 11 is 1.31. The zero-order chi connectivity index (χ0) is 21.9. The number of sulfonamides is 1. The van der Waals surface area contributed by atoms with Crippen molar-refractivity contribution >= 4 is 32.4 Å². The molecule has 0 saturated carbocycles. The van der Waals surface area contributed by atoms with Crippen molar-refractivity contribution in [2.75, 3.05) is 11.9 Å². The van der Waals surface area contributed by atoms with Gasteiger partial charge >= 0.3 is 0 Å². The number of hydrogen-bond acceptors (Lipinski definition) is 6. The highest BCUT2D eigenvalue weighted by molar-refractivity contribution is 7.89. The van der Waals surface area contributed by atoms with E-state index in [2.05, 4.69) is 10.3 Å². The van der Waals surface area contributed by atoms with E-state index in [4.69, 9.17) is 4.42 Å². The Bertz CT molecular complexity index is 1100. The van der Waals surface area contributed by atoms with Crippen molar-refractivity contribution in [1.29, 1.82) is 0 Å². The van der Waals surface area contributed by atoms with E-state index in [0.29, 0.717) is 10.9 Å². The van der Waals surface area contributed by atoms with Crippen molar-refractivity contribution in [3.63, 3.8) is 0 Å². The van der Waals surface area contributed by atoms with Crippen LogP contribution >= 0.6 is 11.3 Å². The Morgan fingerprint density at radius 3 is 2.47 bits per heavy atom. The van der Waals surface area contributed by atoms with Crippen molar-refractivity contribution in [2.45, 2.75) is 44.6 Å². The Hall–Kier alpha value is -2.49. The van der Waals surface area contributed by atoms with Gasteiger partial charge in [-0.25, -0.2) is 13.4 Å². The second kappa shape index (κ2) is 8.71. The molecule has 30 heavy (non-hydrogen) atoms. The Morgan fingerprint density at radius 1 is 1.20 bits per heavy atom. The first-order valence-corrected chi connectivity index (χ1v) is 11.7. The van der Waals surface area contributed by atoms with Crippen LogP contribution in [0.4, 0.5) is 5.13 Å². The molecule has 0 unspecified atom stereocenters. The lowest BCUT2D eigenvalue weighted by Gasteiger charge is -2.20. The third kappa shape index (κ3) is 5.35. The van der Waals surface area contributed by atoms with Crippen LogP contribution in [0.2, 0.25) is 0 Å². The summed E-state index contributed by atoms with van der Waals surface area (Å²) in [5, 5.41) is 5.04. The molecular formula is C21H25N3O4S2. The number of hydrogen-bond donors (Lipinski definition) is 1. The lowest BCUT2D eigenvalue weighted by molar-refractivity contribution is -0.116. The van der Waals surface area contributed by atoms with Crippen molar-refractivity contribution in [3.05, 3.63) is 65.1 Å². The SMILES string of the molecule is Cc1ccc(S(=O)(=O)N(CC(=O)Nc2nc(C(C)(C)C)cs2)Cc2ccco2)cc1. The second-order valence-electron chi connectivity index (χ2n) is 8.00. The molecule has 7 nitrogen and oxygen atoms in total. The number of nitrogens with one attached hydrogen (secondary N) is 1. The molecule has 1 N–H and O–H groups in total. The predicted molar refractivity (Wildman–Crippen MR) is 117 cm³/mol. The van der Waals surface area contributed by atoms with Gasteiger partial charge in [-0.3, -0.25) is 4.79 Å². The van der Waals surface area contributed by atoms with Crippen molar-refractivity contribution in [3.8, 4) is 0 Å². The summed E-state index contributed by atoms with van der Waals surface area (Å²) in [6.45, 7) is 7.57. The van der Waals surface area contributed by atoms with Gasteiger partial charge < -0.3 is 9.73 Å². The van der Waals surface area contributed by atoms with Gasteiger partial charge in [0.25, 0.3) is 0 Å². The van der Waals surface area contributed by atoms with E-state index in [1.54, 1.807) is 24.3 Å². The Labute approximate surface area is 180 Å². The number of anilines is 1. The zero-order valence-corrected chi connectivity index (χ0v) is 19.0. The number of furan rings is 1. The smallest absolute Gasteiger partial charge is 0.243 e. The molecule has 9 heteroatoms. The van der Waals surface area contributed by atoms with Crippen molar-refractivity contribution in [2.24, 2.45) is 0 Å². The van der Waals surface area contributed by atoms with E-state index in [1.165, 1.54) is 29.7 Å². The van der Waals surface area contributed by atoms with Gasteiger partial charge in [0.1, 0.15) is 5.76 Å². The van der Waals surface area contributed by atoms with Crippen LogP contribution in [0.15, 0.2) is 57.4 Å². The highest BCUT2D eigenvalue weighted by atomic mass is 32.2. The monoisotopic (exact) mass is 447 g/mol. The molecule has 0 saturated heterocycles. The van der Waals surface area contributed by atoms with Gasteiger partial charge in [0.2, 0.25) is 15.9 Å². The lowest BCUT2D eigenvalue weighted by Crippen LogP contribution is -2.37. The number of carbonyl (C=O) groups excluding carboxylic acids is 1. The third-order valence-electron chi connectivity index (χ3n) is 4.41. The summed E-state index contributed by atoms with van der Waals surface area (Å²) in [6, 6.07) is 9.87. The van der Waals surface area contributed by atoms with Crippen molar-refractivity contribution < 1.29 is 17.6 Å². The van der Waals surface area contributed by atoms with Crippen LogP contribution in [0, 0.1) is 6.92 Å². The summed E-state index contributed by atoms with van der Waals surface area (Å²) in [5.74, 6) is -0.0187. The van der Waals surface area contributed by atoms with Gasteiger partial charge in [0.15, 0.2) is 5.13 Å². The molecule has 0 aliphatic rings. The number of aryl methyl sites for hydroxylation is 1. The first-order chi connectivity index (χ1) is 14.1. The van der Waals surface area contributed by atoms with Crippen LogP contribution in [0.5, 0.6) is 0 Å². The molecule has 2 heterocycles. The fourth-order valence-electron chi connectivity index (χ4n) is 2.66. The maximum absolute atomic E-state index is 13.2. The van der Waals surface area contributed by atoms with Crippen LogP contribution in [-0.4, -0.2) is 30.2 Å². The first kappa shape index (κ1) is 22.2. The summed E-state index contributed by atoms with van der Waals surface area (Å²) < 4.78 is 32.8. The van der Waals surface area contributed by atoms with Crippen LogP contribution in [0.25, 0.3) is 0 Å². The molecule has 0 spiro atoms. The molecule has 1 amide bonds. The average molecular weight is 448 g/mol. The van der Waals surface area contributed by atoms with Crippen LogP contribution in [0.3, 0.4) is 0 Å². The summed E-state index contributed by atoms with van der Waals surface area (Å²) in [5.41, 5.74) is 1.67. The molecule has 0 aliphatic heterocycles. The summed E-state index contributed by atoms with van der Waals surface area (Å²) in [6.07, 6.45) is 1.47. The van der Waals surface area contributed by atoms with Crippen molar-refractivity contribution in [1.82, 2.24) is 9.29 Å². The molecule has 0 aliphatic carbocycles. The van der Waals surface area contributed by atoms with Crippen LogP contribution in [-0.2, 0) is 26.8 Å². The molecule has 2 aromatic heterocycles. The molecule has 0 radical (unpaired) electrons. The lowest BCUT2D eigenvalue weighted by atomic mass is 9.93. The third-order valence-corrected chi connectivity index (χ3v) is 6.97. The molecule has 3 rings (SSSR count). The van der Waals surface area contributed by atoms with Gasteiger partial charge in [-0.1, -0.05) is 38.5 Å². The molecule has 0 fully saturated rings. The minimum atomic E-state index is -3.90. The average Bonchev–Trinajstić information content (AvgIpc) is 3.33. The van der Waals surface area contributed by atoms with Crippen LogP contribution in [0.1, 0.15) is 37.8 Å². The summed E-state index contributed by atoms with van der Waals surface area (Å²) in [4.78, 5) is 17.2. The second-order valence-corrected chi connectivity index (χ2v) is 10.8. The maximum atomic E-state index is 13.2. The minimum Gasteiger partial charge on any atom is -0.468 e. The van der Waals surface area contributed by atoms with E-state index >= 15 is 0 Å². The largest absolute Gasteiger partial charge is 0.468 e. The quantitative estimate of drug-likeness (QED) is 0.587. The number of carbonyl (C=O) groups is 1. The zero-order valence-electron chi connectivity index (χ0n) is 17.4. The number of aromatic nitrogens is 1. The van der Waals surface area contributed by atoms with E-state index in [9.17, 15) is 13.2 Å². The van der Waals surface area contributed by atoms with Gasteiger partial charge in [0, 0.05) is 10.8 Å². The first-order valence-electron chi connectivity index (χ1n) is 9.41. The van der Waals surface area contributed by atoms with Gasteiger partial charge in [-0.05, 0) is 31.2 Å². The van der Waals surface area contributed by atoms with E-state index in [-0.39, 0.29) is 23.4 Å². The highest BCUT2D eigenvalue weighted by Gasteiger charge is 2.28. The topological polar surface area (TPSA) is 92.5 Å². The van der Waals surface area contributed by atoms with E-state index in [0.717, 1.165) is 15.6 Å². The van der Waals surface area contributed by atoms with Gasteiger partial charge in [-0.2, -0.15) is 4.31 Å². The molecule has 0 atom stereocenters. The van der Waals surface area contributed by atoms with Crippen LogP contribution < -0.4 is 5.32 Å². The molecule has 1 aromatic carbocycles. The Kier molecular flexibility index (Phi) is 6.44. The normalized spacial score (nSPS) is 12.3. The minimum absolute atomic E-state index is 0.0538. The number of amides is 1. The molecule has 3 aromatic rings. The standard InChI is InChI=1S/C21H25N3O4S2/c1-15-7-9-17(10-8-15)30(26,27)24(12-16-6-5-11-28-16)13-19(25)23-20-22-18(14-29-20)21(2,3)4/h5-11,14H,12-13H2,1-4H3,(H,22,23,25). The Morgan fingerprint density at radius 2 is 1.90 bits per heavy atom. The highest BCUT2D eigenvalue weighted by Crippen LogP contribution is 2.26. The van der Waals surface area contributed by atoms with E-state index < -0.39 is 15.9 Å².